The van der Waals surface area contributed by atoms with Crippen molar-refractivity contribution in [3.05, 3.63) is 80.8 Å². The molecule has 1 N–H and O–H groups in total. The predicted molar refractivity (Wildman–Crippen MR) is 215 cm³/mol. The molecular formula is C43H48Cl2N6O4. The monoisotopic (exact) mass is 782 g/mol. The number of hydrogen-bond donors (Lipinski definition) is 1. The van der Waals surface area contributed by atoms with Crippen molar-refractivity contribution in [1.82, 2.24) is 29.6 Å². The second-order valence-electron chi connectivity index (χ2n) is 16.1. The van der Waals surface area contributed by atoms with E-state index in [1.165, 1.54) is 16.7 Å². The van der Waals surface area contributed by atoms with Crippen LogP contribution in [0.1, 0.15) is 61.0 Å². The molecule has 0 radical (unpaired) electrons. The van der Waals surface area contributed by atoms with Gasteiger partial charge in [0.05, 0.1) is 35.7 Å². The number of carbonyl (C=O) groups excluding carboxylic acids is 1. The molecule has 5 aliphatic rings. The number of pyridine rings is 2. The first-order valence-electron chi connectivity index (χ1n) is 19.5. The summed E-state index contributed by atoms with van der Waals surface area (Å²) in [5, 5.41) is 11.1. The third-order valence-corrected chi connectivity index (χ3v) is 13.6. The van der Waals surface area contributed by atoms with E-state index in [1.54, 1.807) is 21.1 Å². The fraction of sp³-hybridized carbons (Fsp3) is 0.465. The average molecular weight is 784 g/mol. The van der Waals surface area contributed by atoms with Gasteiger partial charge in [-0.25, -0.2) is 9.97 Å². The van der Waals surface area contributed by atoms with E-state index in [0.29, 0.717) is 27.2 Å². The van der Waals surface area contributed by atoms with Gasteiger partial charge in [0, 0.05) is 110 Å². The Morgan fingerprint density at radius 1 is 0.764 bits per heavy atom. The molecule has 9 rings (SSSR count). The molecule has 10 nitrogen and oxygen atoms in total. The number of aromatic nitrogens is 2. The molecule has 3 aliphatic heterocycles. The number of methoxy groups -OCH3 is 2. The Labute approximate surface area is 333 Å². The molecule has 12 heteroatoms. The largest absolute Gasteiger partial charge is 0.481 e. The van der Waals surface area contributed by atoms with Gasteiger partial charge in [0.15, 0.2) is 0 Å². The summed E-state index contributed by atoms with van der Waals surface area (Å²) in [6.45, 7) is 10.6. The van der Waals surface area contributed by atoms with E-state index in [9.17, 15) is 9.90 Å². The molecule has 0 bridgehead atoms. The van der Waals surface area contributed by atoms with Crippen molar-refractivity contribution in [2.24, 2.45) is 5.41 Å². The first-order valence-corrected chi connectivity index (χ1v) is 20.2. The number of piperazine rings is 1. The summed E-state index contributed by atoms with van der Waals surface area (Å²) in [4.78, 5) is 31.1. The van der Waals surface area contributed by atoms with E-state index in [2.05, 4.69) is 26.8 Å². The van der Waals surface area contributed by atoms with Crippen molar-refractivity contribution in [2.45, 2.75) is 57.8 Å². The topological polar surface area (TPSA) is 94.5 Å². The van der Waals surface area contributed by atoms with Crippen LogP contribution in [0.5, 0.6) is 11.8 Å². The van der Waals surface area contributed by atoms with Crippen LogP contribution in [0.3, 0.4) is 0 Å². The lowest BCUT2D eigenvalue weighted by atomic mass is 9.71. The number of fused-ring (bicyclic) bond motifs is 2. The van der Waals surface area contributed by atoms with Crippen molar-refractivity contribution in [3.63, 3.8) is 0 Å². The molecule has 3 saturated heterocycles. The van der Waals surface area contributed by atoms with Crippen LogP contribution in [0.2, 0.25) is 10.0 Å². The fourth-order valence-corrected chi connectivity index (χ4v) is 10.7. The number of aliphatic hydroxyl groups is 1. The molecule has 2 aromatic heterocycles. The normalized spacial score (nSPS) is 22.6. The van der Waals surface area contributed by atoms with Crippen LogP contribution < -0.4 is 9.47 Å². The maximum absolute atomic E-state index is 11.9. The zero-order valence-electron chi connectivity index (χ0n) is 31.9. The SMILES string of the molecule is COc1nc(-c2cccc(-c3cccc(-c4cc5c(c(OC)n4)[C@@H](N4CCN(C(C)=O)CC4)CC5)c3Cl)c2Cl)cc2c1[C@H](N1CC3(CN(C(C)O)C3)C1)CC2. The molecule has 3 fully saturated rings. The molecule has 288 valence electrons. The second kappa shape index (κ2) is 14.3. The van der Waals surface area contributed by atoms with Crippen LogP contribution in [0, 0.1) is 5.41 Å². The summed E-state index contributed by atoms with van der Waals surface area (Å²) < 4.78 is 11.9. The summed E-state index contributed by atoms with van der Waals surface area (Å²) in [6, 6.07) is 16.9. The van der Waals surface area contributed by atoms with Crippen molar-refractivity contribution in [3.8, 4) is 45.4 Å². The highest BCUT2D eigenvalue weighted by atomic mass is 35.5. The van der Waals surface area contributed by atoms with Crippen molar-refractivity contribution in [1.29, 1.82) is 0 Å². The zero-order valence-corrected chi connectivity index (χ0v) is 33.5. The fourth-order valence-electron chi connectivity index (χ4n) is 10.0. The summed E-state index contributed by atoms with van der Waals surface area (Å²) in [5.41, 5.74) is 9.94. The molecular weight excluding hydrogens is 735 g/mol. The van der Waals surface area contributed by atoms with E-state index in [0.717, 1.165) is 117 Å². The highest BCUT2D eigenvalue weighted by Crippen LogP contribution is 2.51. The second-order valence-corrected chi connectivity index (χ2v) is 16.9. The number of benzene rings is 2. The Morgan fingerprint density at radius 2 is 1.24 bits per heavy atom. The Morgan fingerprint density at radius 3 is 1.69 bits per heavy atom. The minimum Gasteiger partial charge on any atom is -0.481 e. The molecule has 4 aromatic rings. The molecule has 55 heavy (non-hydrogen) atoms. The van der Waals surface area contributed by atoms with Gasteiger partial charge in [0.1, 0.15) is 6.23 Å². The molecule has 3 atom stereocenters. The Hall–Kier alpha value is -3.77. The summed E-state index contributed by atoms with van der Waals surface area (Å²) in [7, 11) is 3.39. The standard InChI is InChI=1S/C43H48Cl2N6O4/c1-25(52)48-15-17-49(18-16-48)35-13-11-27-19-33(46-41(54-3)37(27)35)31-9-5-7-29(39(31)44)30-8-6-10-32(40(30)45)34-20-28-12-14-36(38(28)42(47-34)55-4)51-23-43(24-51)21-50(22-43)26(2)53/h5-10,19-20,26,35-36,53H,11-18,21-24H2,1-4H3/t26?,35-,36+/m0/s1. The predicted octanol–water partition coefficient (Wildman–Crippen LogP) is 6.90. The van der Waals surface area contributed by atoms with E-state index in [1.807, 2.05) is 48.2 Å². The number of halogens is 2. The van der Waals surface area contributed by atoms with Gasteiger partial charge in [0.25, 0.3) is 0 Å². The minimum absolute atomic E-state index is 0.132. The number of amides is 1. The number of carbonyl (C=O) groups is 1. The van der Waals surface area contributed by atoms with Gasteiger partial charge in [0.2, 0.25) is 17.7 Å². The van der Waals surface area contributed by atoms with Crippen LogP contribution in [-0.2, 0) is 17.6 Å². The number of rotatable bonds is 8. The Bertz CT molecular complexity index is 2160. The van der Waals surface area contributed by atoms with E-state index in [4.69, 9.17) is 42.6 Å². The molecule has 2 aromatic carbocycles. The lowest BCUT2D eigenvalue weighted by Gasteiger charge is -2.62. The quantitative estimate of drug-likeness (QED) is 0.205. The lowest BCUT2D eigenvalue weighted by molar-refractivity contribution is -0.174. The van der Waals surface area contributed by atoms with Crippen LogP contribution in [0.15, 0.2) is 48.5 Å². The van der Waals surface area contributed by atoms with E-state index in [-0.39, 0.29) is 24.2 Å². The highest BCUT2D eigenvalue weighted by Gasteiger charge is 2.55. The Kier molecular flexibility index (Phi) is 9.59. The van der Waals surface area contributed by atoms with E-state index < -0.39 is 0 Å². The number of ether oxygens (including phenoxy) is 2. The van der Waals surface area contributed by atoms with Crippen molar-refractivity contribution in [2.75, 3.05) is 66.6 Å². The Balaban J connectivity index is 0.986. The van der Waals surface area contributed by atoms with Crippen LogP contribution >= 0.6 is 23.2 Å². The summed E-state index contributed by atoms with van der Waals surface area (Å²) in [5.74, 6) is 1.42. The zero-order chi connectivity index (χ0) is 38.2. The number of nitrogens with zero attached hydrogens (tertiary/aromatic N) is 6. The van der Waals surface area contributed by atoms with Gasteiger partial charge < -0.3 is 19.5 Å². The number of hydrogen-bond acceptors (Lipinski definition) is 9. The molecule has 1 amide bonds. The van der Waals surface area contributed by atoms with Crippen LogP contribution in [-0.4, -0.2) is 113 Å². The third kappa shape index (κ3) is 6.30. The lowest BCUT2D eigenvalue weighted by Crippen LogP contribution is -2.73. The van der Waals surface area contributed by atoms with Gasteiger partial charge >= 0.3 is 0 Å². The molecule has 5 heterocycles. The maximum atomic E-state index is 11.9. The minimum atomic E-state index is -0.382. The maximum Gasteiger partial charge on any atom is 0.219 e. The van der Waals surface area contributed by atoms with Gasteiger partial charge in [-0.2, -0.15) is 0 Å². The average Bonchev–Trinajstić information content (AvgIpc) is 3.78. The third-order valence-electron chi connectivity index (χ3n) is 12.8. The number of likely N-dealkylation sites (tertiary alicyclic amines) is 2. The number of aryl methyl sites for hydroxylation is 2. The van der Waals surface area contributed by atoms with Crippen LogP contribution in [0.25, 0.3) is 33.6 Å². The molecule has 1 unspecified atom stereocenters. The van der Waals surface area contributed by atoms with Gasteiger partial charge in [-0.15, -0.1) is 0 Å². The highest BCUT2D eigenvalue weighted by molar-refractivity contribution is 6.39. The first-order chi connectivity index (χ1) is 26.6. The van der Waals surface area contributed by atoms with E-state index >= 15 is 0 Å². The van der Waals surface area contributed by atoms with Gasteiger partial charge in [-0.1, -0.05) is 59.6 Å². The smallest absolute Gasteiger partial charge is 0.219 e. The van der Waals surface area contributed by atoms with Crippen LogP contribution in [0.4, 0.5) is 0 Å². The van der Waals surface area contributed by atoms with Gasteiger partial charge in [-0.3, -0.25) is 19.5 Å². The molecule has 0 saturated carbocycles. The molecule has 1 spiro atoms. The first kappa shape index (κ1) is 36.8. The van der Waals surface area contributed by atoms with Gasteiger partial charge in [-0.05, 0) is 55.9 Å². The number of aliphatic hydroxyl groups excluding tert-OH is 1. The van der Waals surface area contributed by atoms with Crippen molar-refractivity contribution >= 4 is 29.1 Å². The summed E-state index contributed by atoms with van der Waals surface area (Å²) >= 11 is 14.6. The molecule has 2 aliphatic carbocycles. The summed E-state index contributed by atoms with van der Waals surface area (Å²) in [6.07, 6.45) is 3.51. The van der Waals surface area contributed by atoms with Crippen molar-refractivity contribution < 1.29 is 19.4 Å².